The molecular weight excluding hydrogens is 298 g/mol. The summed E-state index contributed by atoms with van der Waals surface area (Å²) < 4.78 is 0. The zero-order chi connectivity index (χ0) is 17.2. The lowest BCUT2D eigenvalue weighted by atomic mass is 9.95. The molecule has 0 fully saturated rings. The van der Waals surface area contributed by atoms with Gasteiger partial charge in [0.25, 0.3) is 0 Å². The topological polar surface area (TPSA) is 57.8 Å². The highest BCUT2D eigenvalue weighted by Crippen LogP contribution is 2.35. The number of rotatable bonds is 3. The highest BCUT2D eigenvalue weighted by molar-refractivity contribution is 6.01. The summed E-state index contributed by atoms with van der Waals surface area (Å²) in [5.74, 6) is -0.0433. The second kappa shape index (κ2) is 6.32. The number of benzene rings is 2. The molecule has 1 aromatic heterocycles. The van der Waals surface area contributed by atoms with Crippen molar-refractivity contribution in [3.63, 3.8) is 0 Å². The van der Waals surface area contributed by atoms with Gasteiger partial charge in [-0.2, -0.15) is 5.10 Å². The van der Waals surface area contributed by atoms with Crippen molar-refractivity contribution in [2.75, 3.05) is 5.32 Å². The van der Waals surface area contributed by atoms with E-state index in [1.807, 2.05) is 81.4 Å². The third kappa shape index (κ3) is 3.23. The van der Waals surface area contributed by atoms with Crippen molar-refractivity contribution in [3.05, 3.63) is 60.7 Å². The lowest BCUT2D eigenvalue weighted by Crippen LogP contribution is -2.27. The number of carbonyl (C=O) groups is 1. The largest absolute Gasteiger partial charge is 0.322 e. The Balaban J connectivity index is 2.11. The lowest BCUT2D eigenvalue weighted by Gasteiger charge is -2.18. The van der Waals surface area contributed by atoms with Crippen LogP contribution >= 0.6 is 0 Å². The number of carbonyl (C=O) groups excluding carboxylic acids is 1. The average Bonchev–Trinajstić information content (AvgIpc) is 2.99. The number of hydrogen-bond donors (Lipinski definition) is 2. The van der Waals surface area contributed by atoms with Gasteiger partial charge in [0, 0.05) is 16.5 Å². The molecule has 3 rings (SSSR count). The molecule has 0 aliphatic carbocycles. The molecule has 0 aliphatic heterocycles. The van der Waals surface area contributed by atoms with Crippen LogP contribution in [0.15, 0.2) is 60.7 Å². The molecule has 0 aliphatic rings. The predicted molar refractivity (Wildman–Crippen MR) is 97.5 cm³/mol. The van der Waals surface area contributed by atoms with Gasteiger partial charge < -0.3 is 5.32 Å². The van der Waals surface area contributed by atoms with E-state index < -0.39 is 5.41 Å². The summed E-state index contributed by atoms with van der Waals surface area (Å²) in [6.45, 7) is 5.69. The fourth-order valence-electron chi connectivity index (χ4n) is 2.38. The fourth-order valence-corrected chi connectivity index (χ4v) is 2.38. The van der Waals surface area contributed by atoms with Gasteiger partial charge in [-0.1, -0.05) is 81.4 Å². The first kappa shape index (κ1) is 16.0. The number of aromatic nitrogens is 2. The van der Waals surface area contributed by atoms with Crippen LogP contribution in [-0.4, -0.2) is 16.1 Å². The lowest BCUT2D eigenvalue weighted by molar-refractivity contribution is -0.123. The molecule has 0 bridgehead atoms. The summed E-state index contributed by atoms with van der Waals surface area (Å²) in [5, 5.41) is 10.6. The van der Waals surface area contributed by atoms with Crippen molar-refractivity contribution >= 4 is 11.6 Å². The number of nitrogens with zero attached hydrogens (tertiary/aromatic N) is 1. The minimum atomic E-state index is -0.487. The van der Waals surface area contributed by atoms with Gasteiger partial charge in [-0.3, -0.25) is 9.89 Å². The number of amides is 1. The molecule has 0 saturated carbocycles. The zero-order valence-corrected chi connectivity index (χ0v) is 14.1. The highest BCUT2D eigenvalue weighted by Gasteiger charge is 2.25. The van der Waals surface area contributed by atoms with Gasteiger partial charge in [0.05, 0.1) is 11.4 Å². The Morgan fingerprint density at radius 2 is 1.46 bits per heavy atom. The summed E-state index contributed by atoms with van der Waals surface area (Å²) in [7, 11) is 0. The second-order valence-corrected chi connectivity index (χ2v) is 6.76. The highest BCUT2D eigenvalue weighted by atomic mass is 16.2. The minimum Gasteiger partial charge on any atom is -0.322 e. The first-order valence-electron chi connectivity index (χ1n) is 7.97. The van der Waals surface area contributed by atoms with Gasteiger partial charge in [-0.05, 0) is 0 Å². The van der Waals surface area contributed by atoms with Crippen molar-refractivity contribution in [3.8, 4) is 22.5 Å². The van der Waals surface area contributed by atoms with E-state index in [-0.39, 0.29) is 5.91 Å². The molecule has 3 aromatic rings. The molecular formula is C20H21N3O. The molecule has 24 heavy (non-hydrogen) atoms. The average molecular weight is 319 g/mol. The van der Waals surface area contributed by atoms with Crippen LogP contribution in [0.25, 0.3) is 22.5 Å². The quantitative estimate of drug-likeness (QED) is 0.733. The van der Waals surface area contributed by atoms with E-state index in [1.54, 1.807) is 0 Å². The number of nitrogens with one attached hydrogen (secondary N) is 2. The van der Waals surface area contributed by atoms with Gasteiger partial charge in [0.2, 0.25) is 5.91 Å². The first-order chi connectivity index (χ1) is 11.5. The third-order valence-corrected chi connectivity index (χ3v) is 3.80. The minimum absolute atomic E-state index is 0.0433. The summed E-state index contributed by atoms with van der Waals surface area (Å²) in [6, 6.07) is 19.7. The Bertz CT molecular complexity index is 773. The van der Waals surface area contributed by atoms with Crippen LogP contribution < -0.4 is 5.32 Å². The van der Waals surface area contributed by atoms with E-state index in [4.69, 9.17) is 0 Å². The number of anilines is 1. The van der Waals surface area contributed by atoms with E-state index in [0.29, 0.717) is 5.69 Å². The summed E-state index contributed by atoms with van der Waals surface area (Å²) in [4.78, 5) is 12.5. The summed E-state index contributed by atoms with van der Waals surface area (Å²) in [6.07, 6.45) is 0. The van der Waals surface area contributed by atoms with Crippen LogP contribution in [0.2, 0.25) is 0 Å². The molecule has 0 unspecified atom stereocenters. The molecule has 1 heterocycles. The van der Waals surface area contributed by atoms with Crippen LogP contribution in [0.3, 0.4) is 0 Å². The van der Waals surface area contributed by atoms with Crippen molar-refractivity contribution in [2.24, 2.45) is 5.41 Å². The summed E-state index contributed by atoms with van der Waals surface area (Å²) >= 11 is 0. The van der Waals surface area contributed by atoms with E-state index in [9.17, 15) is 4.79 Å². The van der Waals surface area contributed by atoms with Crippen molar-refractivity contribution in [1.29, 1.82) is 0 Å². The maximum atomic E-state index is 12.5. The van der Waals surface area contributed by atoms with E-state index >= 15 is 0 Å². The smallest absolute Gasteiger partial charge is 0.229 e. The maximum absolute atomic E-state index is 12.5. The number of H-pyrrole nitrogens is 1. The molecule has 0 spiro atoms. The number of hydrogen-bond acceptors (Lipinski definition) is 2. The Kier molecular flexibility index (Phi) is 4.21. The molecule has 0 atom stereocenters. The Morgan fingerprint density at radius 3 is 2.00 bits per heavy atom. The Hall–Kier alpha value is -2.88. The SMILES string of the molecule is CC(C)(C)C(=O)Nc1c(-c2ccccc2)n[nH]c1-c1ccccc1. The Morgan fingerprint density at radius 1 is 0.917 bits per heavy atom. The van der Waals surface area contributed by atoms with Crippen LogP contribution in [0, 0.1) is 5.41 Å². The molecule has 1 amide bonds. The first-order valence-corrected chi connectivity index (χ1v) is 7.97. The van der Waals surface area contributed by atoms with E-state index in [2.05, 4.69) is 15.5 Å². The standard InChI is InChI=1S/C20H21N3O/c1-20(2,3)19(24)21-18-16(14-10-6-4-7-11-14)22-23-17(18)15-12-8-5-9-13-15/h4-13H,1-3H3,(H,21,24)(H,22,23). The molecule has 2 N–H and O–H groups in total. The van der Waals surface area contributed by atoms with Crippen LogP contribution in [0.1, 0.15) is 20.8 Å². The monoisotopic (exact) mass is 319 g/mol. The molecule has 122 valence electrons. The molecule has 0 saturated heterocycles. The van der Waals surface area contributed by atoms with Gasteiger partial charge in [-0.25, -0.2) is 0 Å². The molecule has 4 nitrogen and oxygen atoms in total. The Labute approximate surface area is 141 Å². The molecule has 0 radical (unpaired) electrons. The predicted octanol–water partition coefficient (Wildman–Crippen LogP) is 4.73. The van der Waals surface area contributed by atoms with Gasteiger partial charge >= 0.3 is 0 Å². The van der Waals surface area contributed by atoms with E-state index in [0.717, 1.165) is 22.5 Å². The molecule has 4 heteroatoms. The van der Waals surface area contributed by atoms with Gasteiger partial charge in [-0.15, -0.1) is 0 Å². The fraction of sp³-hybridized carbons (Fsp3) is 0.200. The number of aromatic amines is 1. The molecule has 2 aromatic carbocycles. The van der Waals surface area contributed by atoms with Crippen LogP contribution in [0.5, 0.6) is 0 Å². The van der Waals surface area contributed by atoms with Crippen LogP contribution in [-0.2, 0) is 4.79 Å². The van der Waals surface area contributed by atoms with Gasteiger partial charge in [0.15, 0.2) is 0 Å². The normalized spacial score (nSPS) is 11.3. The van der Waals surface area contributed by atoms with Gasteiger partial charge in [0.1, 0.15) is 5.69 Å². The van der Waals surface area contributed by atoms with E-state index in [1.165, 1.54) is 0 Å². The second-order valence-electron chi connectivity index (χ2n) is 6.76. The maximum Gasteiger partial charge on any atom is 0.229 e. The zero-order valence-electron chi connectivity index (χ0n) is 14.1. The third-order valence-electron chi connectivity index (χ3n) is 3.80. The van der Waals surface area contributed by atoms with Crippen LogP contribution in [0.4, 0.5) is 5.69 Å². The summed E-state index contributed by atoms with van der Waals surface area (Å²) in [5.41, 5.74) is 3.72. The van der Waals surface area contributed by atoms with Crippen molar-refractivity contribution < 1.29 is 4.79 Å². The van der Waals surface area contributed by atoms with Crippen molar-refractivity contribution in [1.82, 2.24) is 10.2 Å². The van der Waals surface area contributed by atoms with Crippen molar-refractivity contribution in [2.45, 2.75) is 20.8 Å².